The van der Waals surface area contributed by atoms with Crippen LogP contribution in [0.1, 0.15) is 25.3 Å². The molecule has 18 heavy (non-hydrogen) atoms. The van der Waals surface area contributed by atoms with Gasteiger partial charge in [0.1, 0.15) is 0 Å². The van der Waals surface area contributed by atoms with Crippen molar-refractivity contribution in [3.8, 4) is 0 Å². The van der Waals surface area contributed by atoms with Gasteiger partial charge in [-0.2, -0.15) is 0 Å². The lowest BCUT2D eigenvalue weighted by Gasteiger charge is -2.44. The predicted octanol–water partition coefficient (Wildman–Crippen LogP) is 4.16. The molecule has 1 nitrogen and oxygen atoms in total. The van der Waals surface area contributed by atoms with Crippen LogP contribution in [0.5, 0.6) is 0 Å². The summed E-state index contributed by atoms with van der Waals surface area (Å²) in [5, 5.41) is 0. The van der Waals surface area contributed by atoms with E-state index in [-0.39, 0.29) is 0 Å². The third-order valence-electron chi connectivity index (χ3n) is 4.15. The largest absolute Gasteiger partial charge is 0.299 e. The molecule has 100 valence electrons. The van der Waals surface area contributed by atoms with E-state index in [1.165, 1.54) is 24.9 Å². The highest BCUT2D eigenvalue weighted by Gasteiger charge is 2.35. The molecule has 0 aromatic heterocycles. The van der Waals surface area contributed by atoms with E-state index in [1.54, 1.807) is 0 Å². The van der Waals surface area contributed by atoms with Gasteiger partial charge in [0.25, 0.3) is 0 Å². The Morgan fingerprint density at radius 1 is 1.11 bits per heavy atom. The molecule has 0 aliphatic carbocycles. The molecule has 2 heteroatoms. The van der Waals surface area contributed by atoms with Crippen LogP contribution in [-0.4, -0.2) is 25.2 Å². The average molecular weight is 261 g/mol. The first-order chi connectivity index (χ1) is 8.47. The molecule has 1 heterocycles. The van der Waals surface area contributed by atoms with Gasteiger partial charge in [0, 0.05) is 18.8 Å². The van der Waals surface area contributed by atoms with E-state index in [0.29, 0.717) is 0 Å². The number of rotatable bonds is 3. The molecule has 1 aromatic carbocycles. The first-order valence-electron chi connectivity index (χ1n) is 7.25. The van der Waals surface area contributed by atoms with Gasteiger partial charge in [-0.3, -0.25) is 4.90 Å². The molecule has 0 spiro atoms. The highest BCUT2D eigenvalue weighted by molar-refractivity contribution is 6.77. The quantitative estimate of drug-likeness (QED) is 0.738. The van der Waals surface area contributed by atoms with Gasteiger partial charge in [-0.25, -0.2) is 0 Å². The Balaban J connectivity index is 2.11. The van der Waals surface area contributed by atoms with E-state index < -0.39 is 8.07 Å². The minimum atomic E-state index is -1.08. The van der Waals surface area contributed by atoms with Crippen LogP contribution in [0.15, 0.2) is 30.3 Å². The number of nitrogens with zero attached hydrogens (tertiary/aromatic N) is 1. The van der Waals surface area contributed by atoms with Crippen molar-refractivity contribution >= 4 is 8.07 Å². The Kier molecular flexibility index (Phi) is 4.28. The van der Waals surface area contributed by atoms with Crippen molar-refractivity contribution in [3.63, 3.8) is 0 Å². The summed E-state index contributed by atoms with van der Waals surface area (Å²) in [5.74, 6) is 0.862. The van der Waals surface area contributed by atoms with Crippen LogP contribution < -0.4 is 0 Å². The fourth-order valence-electron chi connectivity index (χ4n) is 3.22. The Morgan fingerprint density at radius 3 is 2.39 bits per heavy atom. The average Bonchev–Trinajstić information content (AvgIpc) is 2.28. The lowest BCUT2D eigenvalue weighted by atomic mass is 9.99. The summed E-state index contributed by atoms with van der Waals surface area (Å²) >= 11 is 0. The molecule has 2 atom stereocenters. The lowest BCUT2D eigenvalue weighted by molar-refractivity contribution is 0.146. The third-order valence-corrected chi connectivity index (χ3v) is 6.80. The summed E-state index contributed by atoms with van der Waals surface area (Å²) in [4.78, 5) is 2.76. The zero-order valence-corrected chi connectivity index (χ0v) is 13.3. The van der Waals surface area contributed by atoms with Gasteiger partial charge in [-0.05, 0) is 24.3 Å². The molecule has 0 bridgehead atoms. The maximum Gasteiger partial charge on any atom is 0.0638 e. The predicted molar refractivity (Wildman–Crippen MR) is 82.4 cm³/mol. The first-order valence-corrected chi connectivity index (χ1v) is 10.8. The van der Waals surface area contributed by atoms with E-state index >= 15 is 0 Å². The molecule has 0 saturated carbocycles. The van der Waals surface area contributed by atoms with Crippen LogP contribution in [0.2, 0.25) is 19.6 Å². The van der Waals surface area contributed by atoms with E-state index in [2.05, 4.69) is 61.8 Å². The summed E-state index contributed by atoms with van der Waals surface area (Å²) in [7, 11) is -1.08. The number of hydrogen-bond donors (Lipinski definition) is 0. The summed E-state index contributed by atoms with van der Waals surface area (Å²) in [6.45, 7) is 12.4. The second kappa shape index (κ2) is 5.58. The Labute approximate surface area is 113 Å². The maximum absolute atomic E-state index is 2.76. The van der Waals surface area contributed by atoms with Crippen LogP contribution in [-0.2, 0) is 6.54 Å². The lowest BCUT2D eigenvalue weighted by Crippen LogP contribution is -2.54. The molecule has 0 amide bonds. The number of benzene rings is 1. The minimum absolute atomic E-state index is 0.855. The van der Waals surface area contributed by atoms with Gasteiger partial charge in [-0.15, -0.1) is 0 Å². The minimum Gasteiger partial charge on any atom is -0.299 e. The highest BCUT2D eigenvalue weighted by atomic mass is 28.3. The molecule has 0 unspecified atom stereocenters. The van der Waals surface area contributed by atoms with Crippen molar-refractivity contribution < 1.29 is 0 Å². The topological polar surface area (TPSA) is 3.24 Å². The molecule has 0 N–H and O–H groups in total. The van der Waals surface area contributed by atoms with Gasteiger partial charge in [0.15, 0.2) is 0 Å². The van der Waals surface area contributed by atoms with Crippen molar-refractivity contribution in [2.24, 2.45) is 5.92 Å². The zero-order valence-electron chi connectivity index (χ0n) is 12.3. The number of likely N-dealkylation sites (tertiary alicyclic amines) is 1. The van der Waals surface area contributed by atoms with Crippen molar-refractivity contribution in [2.75, 3.05) is 6.54 Å². The SMILES string of the molecule is C[C@H]1CC[C@H]([Si](C)(C)C)N(Cc2ccccc2)C1. The standard InChI is InChI=1S/C16H27NSi/c1-14-10-11-16(18(2,3)4)17(12-14)13-15-8-6-5-7-9-15/h5-9,14,16H,10-13H2,1-4H3/t14-,16-/m0/s1. The Bertz CT molecular complexity index is 368. The van der Waals surface area contributed by atoms with Crippen LogP contribution in [0.4, 0.5) is 0 Å². The second-order valence-corrected chi connectivity index (χ2v) is 12.4. The van der Waals surface area contributed by atoms with E-state index in [0.717, 1.165) is 18.1 Å². The normalized spacial score (nSPS) is 26.2. The monoisotopic (exact) mass is 261 g/mol. The molecular weight excluding hydrogens is 234 g/mol. The number of piperidine rings is 1. The fourth-order valence-corrected chi connectivity index (χ4v) is 5.54. The van der Waals surface area contributed by atoms with Gasteiger partial charge in [-0.1, -0.05) is 56.9 Å². The van der Waals surface area contributed by atoms with Crippen LogP contribution in [0, 0.1) is 5.92 Å². The summed E-state index contributed by atoms with van der Waals surface area (Å²) in [6, 6.07) is 11.0. The fraction of sp³-hybridized carbons (Fsp3) is 0.625. The highest BCUT2D eigenvalue weighted by Crippen LogP contribution is 2.29. The van der Waals surface area contributed by atoms with Gasteiger partial charge in [0.2, 0.25) is 0 Å². The van der Waals surface area contributed by atoms with Gasteiger partial charge in [0.05, 0.1) is 8.07 Å². The molecule has 1 fully saturated rings. The molecule has 1 saturated heterocycles. The molecular formula is C16H27NSi. The smallest absolute Gasteiger partial charge is 0.0638 e. The molecule has 1 aliphatic rings. The van der Waals surface area contributed by atoms with Crippen LogP contribution in [0.3, 0.4) is 0 Å². The Hall–Kier alpha value is -0.603. The second-order valence-electron chi connectivity index (χ2n) is 6.98. The van der Waals surface area contributed by atoms with Crippen LogP contribution in [0.25, 0.3) is 0 Å². The molecule has 2 rings (SSSR count). The van der Waals surface area contributed by atoms with E-state index in [4.69, 9.17) is 0 Å². The molecule has 1 aliphatic heterocycles. The summed E-state index contributed by atoms with van der Waals surface area (Å²) in [6.07, 6.45) is 2.82. The molecule has 1 aromatic rings. The Morgan fingerprint density at radius 2 is 1.78 bits per heavy atom. The van der Waals surface area contributed by atoms with Gasteiger partial charge >= 0.3 is 0 Å². The van der Waals surface area contributed by atoms with Gasteiger partial charge < -0.3 is 0 Å². The van der Waals surface area contributed by atoms with E-state index in [9.17, 15) is 0 Å². The summed E-state index contributed by atoms with van der Waals surface area (Å²) in [5.41, 5.74) is 2.32. The molecule has 0 radical (unpaired) electrons. The summed E-state index contributed by atoms with van der Waals surface area (Å²) < 4.78 is 0. The first kappa shape index (κ1) is 13.8. The maximum atomic E-state index is 2.76. The van der Waals surface area contributed by atoms with Crippen LogP contribution >= 0.6 is 0 Å². The third kappa shape index (κ3) is 3.45. The van der Waals surface area contributed by atoms with Crippen molar-refractivity contribution in [1.82, 2.24) is 4.90 Å². The zero-order chi connectivity index (χ0) is 13.2. The van der Waals surface area contributed by atoms with Crippen molar-refractivity contribution in [1.29, 1.82) is 0 Å². The van der Waals surface area contributed by atoms with E-state index in [1.807, 2.05) is 0 Å². The number of hydrogen-bond acceptors (Lipinski definition) is 1. The van der Waals surface area contributed by atoms with Crippen molar-refractivity contribution in [3.05, 3.63) is 35.9 Å². The van der Waals surface area contributed by atoms with Crippen molar-refractivity contribution in [2.45, 2.75) is 51.6 Å².